The number of rotatable bonds is 7. The molecule has 4 nitrogen and oxygen atoms in total. The molecule has 1 aromatic carbocycles. The molecule has 0 aliphatic heterocycles. The van der Waals surface area contributed by atoms with Crippen molar-refractivity contribution in [1.29, 1.82) is 0 Å². The van der Waals surface area contributed by atoms with Gasteiger partial charge >= 0.3 is 0 Å². The van der Waals surface area contributed by atoms with E-state index in [-0.39, 0.29) is 6.04 Å². The van der Waals surface area contributed by atoms with Gasteiger partial charge in [0.25, 0.3) is 0 Å². The van der Waals surface area contributed by atoms with Crippen molar-refractivity contribution in [3.8, 4) is 5.75 Å². The van der Waals surface area contributed by atoms with E-state index in [0.717, 1.165) is 29.6 Å². The van der Waals surface area contributed by atoms with Gasteiger partial charge in [-0.05, 0) is 58.6 Å². The molecule has 1 aromatic heterocycles. The molecule has 0 amide bonds. The summed E-state index contributed by atoms with van der Waals surface area (Å²) in [6.07, 6.45) is 6.03. The van der Waals surface area contributed by atoms with Crippen LogP contribution in [0.2, 0.25) is 0 Å². The summed E-state index contributed by atoms with van der Waals surface area (Å²) in [5.74, 6) is 0.856. The highest BCUT2D eigenvalue weighted by atomic mass is 79.9. The van der Waals surface area contributed by atoms with E-state index in [1.807, 2.05) is 24.0 Å². The van der Waals surface area contributed by atoms with Crippen molar-refractivity contribution < 1.29 is 4.74 Å². The second kappa shape index (κ2) is 7.61. The first-order valence-corrected chi connectivity index (χ1v) is 7.97. The van der Waals surface area contributed by atoms with Gasteiger partial charge < -0.3 is 10.1 Å². The van der Waals surface area contributed by atoms with Crippen molar-refractivity contribution in [1.82, 2.24) is 15.1 Å². The molecule has 0 aliphatic carbocycles. The predicted molar refractivity (Wildman–Crippen MR) is 88.6 cm³/mol. The van der Waals surface area contributed by atoms with Crippen LogP contribution in [0, 0.1) is 0 Å². The van der Waals surface area contributed by atoms with Crippen LogP contribution in [-0.4, -0.2) is 23.4 Å². The van der Waals surface area contributed by atoms with Crippen molar-refractivity contribution in [2.45, 2.75) is 25.8 Å². The molecule has 21 heavy (non-hydrogen) atoms. The first-order valence-electron chi connectivity index (χ1n) is 7.18. The summed E-state index contributed by atoms with van der Waals surface area (Å²) in [6.45, 7) is 3.17. The van der Waals surface area contributed by atoms with Crippen LogP contribution in [0.1, 0.15) is 30.5 Å². The highest BCUT2D eigenvalue weighted by molar-refractivity contribution is 9.10. The third-order valence-electron chi connectivity index (χ3n) is 3.42. The maximum Gasteiger partial charge on any atom is 0.133 e. The molecule has 1 heterocycles. The molecule has 0 bridgehead atoms. The van der Waals surface area contributed by atoms with Crippen molar-refractivity contribution in [2.75, 3.05) is 13.7 Å². The summed E-state index contributed by atoms with van der Waals surface area (Å²) >= 11 is 3.56. The number of methoxy groups -OCH3 is 1. The second-order valence-electron chi connectivity index (χ2n) is 5.13. The Balaban J connectivity index is 2.20. The number of nitrogens with one attached hydrogen (secondary N) is 1. The number of halogens is 1. The third-order valence-corrected chi connectivity index (χ3v) is 4.04. The van der Waals surface area contributed by atoms with Gasteiger partial charge in [0, 0.05) is 19.3 Å². The normalized spacial score (nSPS) is 12.4. The monoisotopic (exact) mass is 351 g/mol. The quantitative estimate of drug-likeness (QED) is 0.829. The zero-order valence-corrected chi connectivity index (χ0v) is 14.4. The molecule has 0 aliphatic rings. The minimum Gasteiger partial charge on any atom is -0.496 e. The Kier molecular flexibility index (Phi) is 5.82. The zero-order valence-electron chi connectivity index (χ0n) is 12.8. The van der Waals surface area contributed by atoms with Gasteiger partial charge in [0.15, 0.2) is 0 Å². The maximum absolute atomic E-state index is 5.30. The molecule has 0 fully saturated rings. The summed E-state index contributed by atoms with van der Waals surface area (Å²) in [5, 5.41) is 7.86. The molecular formula is C16H22BrN3O. The minimum atomic E-state index is 0.274. The summed E-state index contributed by atoms with van der Waals surface area (Å²) in [6, 6.07) is 6.52. The van der Waals surface area contributed by atoms with Crippen LogP contribution in [-0.2, 0) is 13.5 Å². The second-order valence-corrected chi connectivity index (χ2v) is 5.98. The summed E-state index contributed by atoms with van der Waals surface area (Å²) < 4.78 is 8.13. The number of aryl methyl sites for hydroxylation is 1. The number of benzene rings is 1. The lowest BCUT2D eigenvalue weighted by molar-refractivity contribution is 0.411. The highest BCUT2D eigenvalue weighted by Crippen LogP contribution is 2.29. The molecule has 1 unspecified atom stereocenters. The van der Waals surface area contributed by atoms with Crippen molar-refractivity contribution >= 4 is 15.9 Å². The number of hydrogen-bond donors (Lipinski definition) is 1. The Morgan fingerprint density at radius 3 is 2.81 bits per heavy atom. The Morgan fingerprint density at radius 1 is 1.43 bits per heavy atom. The minimum absolute atomic E-state index is 0.274. The van der Waals surface area contributed by atoms with Crippen LogP contribution >= 0.6 is 15.9 Å². The Morgan fingerprint density at radius 2 is 2.24 bits per heavy atom. The predicted octanol–water partition coefficient (Wildman–Crippen LogP) is 3.47. The Labute approximate surface area is 134 Å². The van der Waals surface area contributed by atoms with Crippen LogP contribution in [0.3, 0.4) is 0 Å². The molecule has 5 heteroatoms. The van der Waals surface area contributed by atoms with E-state index in [4.69, 9.17) is 4.74 Å². The van der Waals surface area contributed by atoms with Gasteiger partial charge in [0.05, 0.1) is 17.8 Å². The van der Waals surface area contributed by atoms with Gasteiger partial charge in [-0.1, -0.05) is 13.0 Å². The van der Waals surface area contributed by atoms with E-state index in [1.165, 1.54) is 11.1 Å². The van der Waals surface area contributed by atoms with E-state index >= 15 is 0 Å². The van der Waals surface area contributed by atoms with E-state index in [2.05, 4.69) is 51.6 Å². The van der Waals surface area contributed by atoms with Crippen LogP contribution in [0.15, 0.2) is 35.1 Å². The number of ether oxygens (including phenoxy) is 1. The fraction of sp³-hybridized carbons (Fsp3) is 0.438. The van der Waals surface area contributed by atoms with Crippen LogP contribution in [0.5, 0.6) is 5.75 Å². The van der Waals surface area contributed by atoms with Crippen molar-refractivity contribution in [2.24, 2.45) is 7.05 Å². The summed E-state index contributed by atoms with van der Waals surface area (Å²) in [4.78, 5) is 0. The largest absolute Gasteiger partial charge is 0.496 e. The van der Waals surface area contributed by atoms with Crippen LogP contribution in [0.25, 0.3) is 0 Å². The Hall–Kier alpha value is -1.33. The van der Waals surface area contributed by atoms with Crippen molar-refractivity contribution in [3.63, 3.8) is 0 Å². The molecule has 1 atom stereocenters. The topological polar surface area (TPSA) is 39.1 Å². The third kappa shape index (κ3) is 4.32. The zero-order chi connectivity index (χ0) is 15.2. The number of aromatic nitrogens is 2. The van der Waals surface area contributed by atoms with Gasteiger partial charge in [-0.15, -0.1) is 0 Å². The molecule has 0 saturated heterocycles. The fourth-order valence-electron chi connectivity index (χ4n) is 2.34. The summed E-state index contributed by atoms with van der Waals surface area (Å²) in [5.41, 5.74) is 2.48. The lowest BCUT2D eigenvalue weighted by Gasteiger charge is -2.19. The molecule has 0 radical (unpaired) electrons. The average molecular weight is 352 g/mol. The lowest BCUT2D eigenvalue weighted by Crippen LogP contribution is -2.24. The average Bonchev–Trinajstić information content (AvgIpc) is 2.88. The fourth-order valence-corrected chi connectivity index (χ4v) is 2.90. The molecule has 2 rings (SSSR count). The maximum atomic E-state index is 5.30. The standard InChI is InChI=1S/C16H22BrN3O/c1-4-7-18-15(8-12-10-19-20(2)11-12)13-5-6-16(21-3)14(17)9-13/h5-6,9-11,15,18H,4,7-8H2,1-3H3. The van der Waals surface area contributed by atoms with Crippen molar-refractivity contribution in [3.05, 3.63) is 46.2 Å². The van der Waals surface area contributed by atoms with Gasteiger partial charge in [-0.3, -0.25) is 4.68 Å². The van der Waals surface area contributed by atoms with E-state index < -0.39 is 0 Å². The number of nitrogens with zero attached hydrogens (tertiary/aromatic N) is 2. The first kappa shape index (κ1) is 16.0. The molecule has 2 aromatic rings. The highest BCUT2D eigenvalue weighted by Gasteiger charge is 2.14. The molecular weight excluding hydrogens is 330 g/mol. The van der Waals surface area contributed by atoms with Crippen LogP contribution < -0.4 is 10.1 Å². The van der Waals surface area contributed by atoms with E-state index in [1.54, 1.807) is 7.11 Å². The van der Waals surface area contributed by atoms with Gasteiger partial charge in [-0.25, -0.2) is 0 Å². The molecule has 114 valence electrons. The molecule has 1 N–H and O–H groups in total. The van der Waals surface area contributed by atoms with E-state index in [0.29, 0.717) is 0 Å². The van der Waals surface area contributed by atoms with Gasteiger partial charge in [-0.2, -0.15) is 5.10 Å². The van der Waals surface area contributed by atoms with Crippen LogP contribution in [0.4, 0.5) is 0 Å². The van der Waals surface area contributed by atoms with E-state index in [9.17, 15) is 0 Å². The SMILES string of the molecule is CCCNC(Cc1cnn(C)c1)c1ccc(OC)c(Br)c1. The lowest BCUT2D eigenvalue weighted by atomic mass is 10.0. The molecule has 0 saturated carbocycles. The Bertz CT molecular complexity index is 583. The van der Waals surface area contributed by atoms with Gasteiger partial charge in [0.1, 0.15) is 5.75 Å². The summed E-state index contributed by atoms with van der Waals surface area (Å²) in [7, 11) is 3.63. The number of hydrogen-bond acceptors (Lipinski definition) is 3. The molecule has 0 spiro atoms. The first-order chi connectivity index (χ1) is 10.1. The smallest absolute Gasteiger partial charge is 0.133 e. The van der Waals surface area contributed by atoms with Gasteiger partial charge in [0.2, 0.25) is 0 Å².